The minimum atomic E-state index is -0.615. The third-order valence-corrected chi connectivity index (χ3v) is 4.72. The number of carbonyl (C=O) groups is 2. The molecule has 0 aliphatic carbocycles. The van der Waals surface area contributed by atoms with Crippen LogP contribution in [0.25, 0.3) is 21.9 Å². The average Bonchev–Trinajstić information content (AvgIpc) is 2.80. The Morgan fingerprint density at radius 3 is 2.00 bits per heavy atom. The van der Waals surface area contributed by atoms with Gasteiger partial charge in [0.05, 0.1) is 5.39 Å². The van der Waals surface area contributed by atoms with E-state index in [2.05, 4.69) is 16.0 Å². The van der Waals surface area contributed by atoms with Gasteiger partial charge in [0.25, 0.3) is 17.4 Å². The second kappa shape index (κ2) is 8.00. The molecule has 1 aromatic heterocycles. The van der Waals surface area contributed by atoms with Crippen molar-refractivity contribution < 1.29 is 9.59 Å². The van der Waals surface area contributed by atoms with Crippen molar-refractivity contribution in [3.63, 3.8) is 0 Å². The molecule has 0 spiro atoms. The van der Waals surface area contributed by atoms with Gasteiger partial charge >= 0.3 is 0 Å². The van der Waals surface area contributed by atoms with Gasteiger partial charge in [-0.2, -0.15) is 5.10 Å². The molecule has 3 aromatic carbocycles. The molecule has 4 rings (SSSR count). The van der Waals surface area contributed by atoms with Gasteiger partial charge in [0, 0.05) is 18.0 Å². The van der Waals surface area contributed by atoms with Crippen LogP contribution in [0.2, 0.25) is 0 Å². The second-order valence-corrected chi connectivity index (χ2v) is 6.67. The molecule has 0 bridgehead atoms. The molecule has 1 heterocycles. The lowest BCUT2D eigenvalue weighted by atomic mass is 10.0. The van der Waals surface area contributed by atoms with Crippen LogP contribution in [0.4, 0.5) is 0 Å². The van der Waals surface area contributed by atoms with Gasteiger partial charge in [-0.15, -0.1) is 0 Å². The van der Waals surface area contributed by atoms with E-state index in [1.54, 1.807) is 36.4 Å². The fraction of sp³-hybridized carbons (Fsp3) is 0.0435. The van der Waals surface area contributed by atoms with Crippen molar-refractivity contribution in [3.05, 3.63) is 100 Å². The molecule has 7 heteroatoms. The summed E-state index contributed by atoms with van der Waals surface area (Å²) in [6, 6.07) is 23.6. The van der Waals surface area contributed by atoms with E-state index < -0.39 is 11.8 Å². The van der Waals surface area contributed by atoms with Gasteiger partial charge in [0.2, 0.25) is 0 Å². The first-order valence-electron chi connectivity index (χ1n) is 9.27. The van der Waals surface area contributed by atoms with Crippen LogP contribution in [0, 0.1) is 0 Å². The van der Waals surface area contributed by atoms with Crippen LogP contribution in [0.3, 0.4) is 0 Å². The Labute approximate surface area is 171 Å². The largest absolute Gasteiger partial charge is 0.290 e. The molecule has 0 aliphatic heterocycles. The van der Waals surface area contributed by atoms with Gasteiger partial charge < -0.3 is 0 Å². The third-order valence-electron chi connectivity index (χ3n) is 4.72. The number of benzene rings is 3. The van der Waals surface area contributed by atoms with E-state index in [9.17, 15) is 14.4 Å². The first kappa shape index (κ1) is 19.1. The van der Waals surface area contributed by atoms with Crippen LogP contribution in [0.1, 0.15) is 20.8 Å². The lowest BCUT2D eigenvalue weighted by Gasteiger charge is -2.10. The molecule has 7 nitrogen and oxygen atoms in total. The molecular formula is C23H18N4O3. The zero-order chi connectivity index (χ0) is 21.1. The van der Waals surface area contributed by atoms with Crippen LogP contribution < -0.4 is 16.4 Å². The molecule has 0 radical (unpaired) electrons. The molecule has 0 aliphatic rings. The van der Waals surface area contributed by atoms with Crippen molar-refractivity contribution in [2.24, 2.45) is 7.05 Å². The molecule has 2 amide bonds. The Morgan fingerprint density at radius 2 is 1.30 bits per heavy atom. The second-order valence-electron chi connectivity index (χ2n) is 6.67. The normalized spacial score (nSPS) is 10.6. The number of nitrogens with one attached hydrogen (secondary N) is 2. The van der Waals surface area contributed by atoms with Gasteiger partial charge in [0.15, 0.2) is 5.69 Å². The summed E-state index contributed by atoms with van der Waals surface area (Å²) in [5.74, 6) is -1.08. The Balaban J connectivity index is 1.49. The van der Waals surface area contributed by atoms with E-state index >= 15 is 0 Å². The number of amides is 2. The van der Waals surface area contributed by atoms with Gasteiger partial charge in [-0.1, -0.05) is 60.7 Å². The average molecular weight is 398 g/mol. The van der Waals surface area contributed by atoms with Crippen LogP contribution in [0.5, 0.6) is 0 Å². The van der Waals surface area contributed by atoms with Crippen molar-refractivity contribution in [3.8, 4) is 11.1 Å². The van der Waals surface area contributed by atoms with Crippen molar-refractivity contribution in [2.45, 2.75) is 0 Å². The predicted octanol–water partition coefficient (Wildman–Crippen LogP) is 2.68. The first-order valence-corrected chi connectivity index (χ1v) is 9.27. The lowest BCUT2D eigenvalue weighted by Crippen LogP contribution is -2.42. The number of aryl methyl sites for hydroxylation is 1. The highest BCUT2D eigenvalue weighted by molar-refractivity contribution is 6.06. The van der Waals surface area contributed by atoms with Crippen LogP contribution in [-0.4, -0.2) is 21.6 Å². The maximum absolute atomic E-state index is 12.6. The van der Waals surface area contributed by atoms with E-state index in [0.717, 1.165) is 15.8 Å². The fourth-order valence-corrected chi connectivity index (χ4v) is 3.16. The summed E-state index contributed by atoms with van der Waals surface area (Å²) in [4.78, 5) is 37.2. The maximum atomic E-state index is 12.6. The molecule has 0 unspecified atom stereocenters. The van der Waals surface area contributed by atoms with Crippen LogP contribution in [0.15, 0.2) is 83.7 Å². The molecule has 30 heavy (non-hydrogen) atoms. The number of nitrogens with zero attached hydrogens (tertiary/aromatic N) is 2. The van der Waals surface area contributed by atoms with E-state index in [1.165, 1.54) is 7.05 Å². The van der Waals surface area contributed by atoms with E-state index in [-0.39, 0.29) is 11.3 Å². The van der Waals surface area contributed by atoms with Gasteiger partial charge in [-0.3, -0.25) is 25.2 Å². The Bertz CT molecular complexity index is 1300. The smallest absolute Gasteiger partial charge is 0.267 e. The van der Waals surface area contributed by atoms with Crippen molar-refractivity contribution in [2.75, 3.05) is 0 Å². The first-order chi connectivity index (χ1) is 14.5. The summed E-state index contributed by atoms with van der Waals surface area (Å²) in [5, 5.41) is 4.83. The molecule has 0 saturated heterocycles. The van der Waals surface area contributed by atoms with E-state index in [0.29, 0.717) is 16.3 Å². The SMILES string of the molecule is Cn1nc(C(=O)NNC(=O)c2ccc(-c3ccccc3)cc2)c2ccccc2c1=O. The number of carbonyl (C=O) groups excluding carboxylic acids is 2. The van der Waals surface area contributed by atoms with E-state index in [4.69, 9.17) is 0 Å². The lowest BCUT2D eigenvalue weighted by molar-refractivity contribution is 0.0844. The maximum Gasteiger partial charge on any atom is 0.290 e. The highest BCUT2D eigenvalue weighted by Gasteiger charge is 2.16. The summed E-state index contributed by atoms with van der Waals surface area (Å²) in [5.41, 5.74) is 6.93. The Morgan fingerprint density at radius 1 is 0.733 bits per heavy atom. The zero-order valence-corrected chi connectivity index (χ0v) is 16.1. The monoisotopic (exact) mass is 398 g/mol. The molecule has 0 saturated carbocycles. The number of hydrogen-bond acceptors (Lipinski definition) is 4. The summed E-state index contributed by atoms with van der Waals surface area (Å²) in [6.07, 6.45) is 0. The number of hydrogen-bond donors (Lipinski definition) is 2. The standard InChI is InChI=1S/C23H18N4O3/c1-27-23(30)19-10-6-5-9-18(19)20(26-27)22(29)25-24-21(28)17-13-11-16(12-14-17)15-7-3-2-4-8-15/h2-14H,1H3,(H,24,28)(H,25,29). The van der Waals surface area contributed by atoms with Crippen LogP contribution >= 0.6 is 0 Å². The van der Waals surface area contributed by atoms with Gasteiger partial charge in [0.1, 0.15) is 0 Å². The summed E-state index contributed by atoms with van der Waals surface area (Å²) < 4.78 is 1.10. The molecule has 0 fully saturated rings. The van der Waals surface area contributed by atoms with Crippen LogP contribution in [-0.2, 0) is 7.05 Å². The number of fused-ring (bicyclic) bond motifs is 1. The highest BCUT2D eigenvalue weighted by atomic mass is 16.2. The number of aromatic nitrogens is 2. The van der Waals surface area contributed by atoms with Crippen molar-refractivity contribution >= 4 is 22.6 Å². The fourth-order valence-electron chi connectivity index (χ4n) is 3.16. The number of rotatable bonds is 3. The minimum absolute atomic E-state index is 0.0485. The van der Waals surface area contributed by atoms with Crippen molar-refractivity contribution in [1.29, 1.82) is 0 Å². The molecule has 2 N–H and O–H groups in total. The molecule has 148 valence electrons. The zero-order valence-electron chi connectivity index (χ0n) is 16.1. The minimum Gasteiger partial charge on any atom is -0.267 e. The van der Waals surface area contributed by atoms with Crippen molar-refractivity contribution in [1.82, 2.24) is 20.6 Å². The Hall–Kier alpha value is -4.26. The number of hydrazine groups is 1. The van der Waals surface area contributed by atoms with Gasteiger partial charge in [-0.05, 0) is 29.3 Å². The summed E-state index contributed by atoms with van der Waals surface area (Å²) >= 11 is 0. The molecule has 0 atom stereocenters. The van der Waals surface area contributed by atoms with E-state index in [1.807, 2.05) is 42.5 Å². The molecular weight excluding hydrogens is 380 g/mol. The highest BCUT2D eigenvalue weighted by Crippen LogP contribution is 2.19. The predicted molar refractivity (Wildman–Crippen MR) is 114 cm³/mol. The van der Waals surface area contributed by atoms with Gasteiger partial charge in [-0.25, -0.2) is 4.68 Å². The summed E-state index contributed by atoms with van der Waals surface area (Å²) in [6.45, 7) is 0. The Kier molecular flexibility index (Phi) is 5.09. The summed E-state index contributed by atoms with van der Waals surface area (Å²) in [7, 11) is 1.47. The third kappa shape index (κ3) is 3.68. The quantitative estimate of drug-likeness (QED) is 0.519. The molecule has 4 aromatic rings. The topological polar surface area (TPSA) is 93.1 Å².